The van der Waals surface area contributed by atoms with E-state index in [1.165, 1.54) is 128 Å². The minimum atomic E-state index is -1.90. The first-order chi connectivity index (χ1) is 37.6. The molecule has 0 radical (unpaired) electrons. The van der Waals surface area contributed by atoms with E-state index in [9.17, 15) is 34.5 Å². The number of aliphatic hydroxyl groups excluding tert-OH is 2. The molecule has 6 unspecified atom stereocenters. The SMILES string of the molecule is CCCCC/C=C\C/C=C\CCCCCCCCCCCC(=O)OC1C(OCC(COC(=O)CCCCCCC/C=C\C/C=C\CCCCC)OC(=O)CCCCCCCCCCCCCCC)OC(C(=O)O)C(O)C1O. The van der Waals surface area contributed by atoms with Crippen LogP contribution in [-0.4, -0.2) is 89.2 Å². The van der Waals surface area contributed by atoms with Crippen molar-refractivity contribution >= 4 is 23.9 Å². The lowest BCUT2D eigenvalue weighted by Gasteiger charge is -2.40. The molecule has 0 bridgehead atoms. The van der Waals surface area contributed by atoms with Crippen LogP contribution in [0, 0.1) is 0 Å². The van der Waals surface area contributed by atoms with Crippen LogP contribution in [0.25, 0.3) is 0 Å². The van der Waals surface area contributed by atoms with E-state index < -0.39 is 67.3 Å². The van der Waals surface area contributed by atoms with E-state index in [2.05, 4.69) is 69.4 Å². The number of hydrogen-bond acceptors (Lipinski definition) is 11. The molecule has 0 spiro atoms. The van der Waals surface area contributed by atoms with Gasteiger partial charge in [0.25, 0.3) is 0 Å². The lowest BCUT2D eigenvalue weighted by atomic mass is 9.98. The van der Waals surface area contributed by atoms with Gasteiger partial charge in [0.1, 0.15) is 18.8 Å². The molecule has 0 aromatic rings. The fourth-order valence-corrected chi connectivity index (χ4v) is 9.49. The second-order valence-electron chi connectivity index (χ2n) is 21.7. The van der Waals surface area contributed by atoms with Crippen molar-refractivity contribution in [2.45, 2.75) is 327 Å². The summed E-state index contributed by atoms with van der Waals surface area (Å²) in [6.07, 6.45) is 52.1. The third-order valence-electron chi connectivity index (χ3n) is 14.4. The summed E-state index contributed by atoms with van der Waals surface area (Å²) >= 11 is 0. The van der Waals surface area contributed by atoms with E-state index in [-0.39, 0.29) is 25.9 Å². The zero-order chi connectivity index (χ0) is 56.1. The number of rotatable bonds is 54. The Morgan fingerprint density at radius 3 is 1.19 bits per heavy atom. The molecule has 0 saturated carbocycles. The molecule has 1 aliphatic heterocycles. The number of carbonyl (C=O) groups excluding carboxylic acids is 3. The van der Waals surface area contributed by atoms with Crippen LogP contribution in [0.5, 0.6) is 0 Å². The van der Waals surface area contributed by atoms with Gasteiger partial charge in [-0.1, -0.05) is 236 Å². The second kappa shape index (κ2) is 53.3. The fraction of sp³-hybridized carbons (Fsp3) is 0.815. The van der Waals surface area contributed by atoms with Crippen LogP contribution in [0.1, 0.15) is 290 Å². The van der Waals surface area contributed by atoms with Gasteiger partial charge < -0.3 is 39.0 Å². The maximum atomic E-state index is 13.2. The summed E-state index contributed by atoms with van der Waals surface area (Å²) < 4.78 is 28.5. The van der Waals surface area contributed by atoms with Crippen LogP contribution in [0.2, 0.25) is 0 Å². The Hall–Kier alpha value is -3.32. The minimum absolute atomic E-state index is 0.0562. The van der Waals surface area contributed by atoms with Crippen molar-refractivity contribution in [2.75, 3.05) is 13.2 Å². The largest absolute Gasteiger partial charge is 0.479 e. The van der Waals surface area contributed by atoms with E-state index >= 15 is 0 Å². The molecule has 0 aliphatic carbocycles. The van der Waals surface area contributed by atoms with Crippen molar-refractivity contribution in [3.05, 3.63) is 48.6 Å². The predicted octanol–water partition coefficient (Wildman–Crippen LogP) is 16.6. The van der Waals surface area contributed by atoms with Gasteiger partial charge in [-0.2, -0.15) is 0 Å². The van der Waals surface area contributed by atoms with Crippen LogP contribution in [0.4, 0.5) is 0 Å². The summed E-state index contributed by atoms with van der Waals surface area (Å²) in [6, 6.07) is 0. The van der Waals surface area contributed by atoms with E-state index in [1.54, 1.807) is 0 Å². The Labute approximate surface area is 469 Å². The molecular weight excluding hydrogens is 973 g/mol. The Morgan fingerprint density at radius 1 is 0.429 bits per heavy atom. The minimum Gasteiger partial charge on any atom is -0.479 e. The molecule has 12 nitrogen and oxygen atoms in total. The zero-order valence-electron chi connectivity index (χ0n) is 49.2. The van der Waals surface area contributed by atoms with E-state index in [1.807, 2.05) is 0 Å². The number of carbonyl (C=O) groups is 4. The van der Waals surface area contributed by atoms with Crippen molar-refractivity contribution in [1.29, 1.82) is 0 Å². The summed E-state index contributed by atoms with van der Waals surface area (Å²) in [4.78, 5) is 51.2. The number of ether oxygens (including phenoxy) is 5. The standard InChI is InChI=1S/C65H114O12/c1-4-7-10-13-16-19-22-25-27-28-29-30-32-35-38-41-44-47-50-53-59(68)76-63-61(70)60(69)62(64(71)72)77-65(63)74-55-56(75-58(67)52-49-46-43-40-37-33-24-21-18-15-12-9-6-3)54-73-57(66)51-48-45-42-39-36-34-31-26-23-20-17-14-11-8-5-2/h16-17,19-20,25-27,31,56,60-63,65,69-70H,4-15,18,21-24,28-30,32-55H2,1-3H3,(H,71,72)/b19-16-,20-17-,27-25-,31-26-. The normalized spacial score (nSPS) is 18.3. The van der Waals surface area contributed by atoms with Crippen LogP contribution < -0.4 is 0 Å². The molecule has 1 saturated heterocycles. The molecule has 1 aliphatic rings. The third-order valence-corrected chi connectivity index (χ3v) is 14.4. The molecule has 0 amide bonds. The smallest absolute Gasteiger partial charge is 0.335 e. The molecule has 6 atom stereocenters. The zero-order valence-corrected chi connectivity index (χ0v) is 49.2. The van der Waals surface area contributed by atoms with Crippen molar-refractivity contribution in [3.63, 3.8) is 0 Å². The number of allylic oxidation sites excluding steroid dienone is 8. The summed E-state index contributed by atoms with van der Waals surface area (Å²) in [7, 11) is 0. The number of aliphatic carboxylic acids is 1. The first kappa shape index (κ1) is 71.7. The summed E-state index contributed by atoms with van der Waals surface area (Å²) in [6.45, 7) is 5.96. The van der Waals surface area contributed by atoms with Gasteiger partial charge in [-0.3, -0.25) is 14.4 Å². The fourth-order valence-electron chi connectivity index (χ4n) is 9.49. The number of carboxylic acids is 1. The van der Waals surface area contributed by atoms with Crippen molar-refractivity contribution in [3.8, 4) is 0 Å². The highest BCUT2D eigenvalue weighted by Gasteiger charge is 2.50. The highest BCUT2D eigenvalue weighted by molar-refractivity contribution is 5.74. The highest BCUT2D eigenvalue weighted by atomic mass is 16.7. The number of aliphatic hydroxyl groups is 2. The van der Waals surface area contributed by atoms with Gasteiger partial charge in [-0.25, -0.2) is 4.79 Å². The number of hydrogen-bond donors (Lipinski definition) is 3. The molecule has 1 rings (SSSR count). The van der Waals surface area contributed by atoms with Crippen molar-refractivity contribution < 1.29 is 58.2 Å². The van der Waals surface area contributed by atoms with Gasteiger partial charge in [0.2, 0.25) is 0 Å². The number of esters is 3. The maximum Gasteiger partial charge on any atom is 0.335 e. The molecular formula is C65H114O12. The van der Waals surface area contributed by atoms with Crippen LogP contribution in [0.15, 0.2) is 48.6 Å². The quantitative estimate of drug-likeness (QED) is 0.0228. The molecule has 0 aromatic heterocycles. The van der Waals surface area contributed by atoms with E-state index in [0.29, 0.717) is 19.3 Å². The van der Waals surface area contributed by atoms with E-state index in [0.717, 1.165) is 103 Å². The molecule has 1 fully saturated rings. The predicted molar refractivity (Wildman–Crippen MR) is 312 cm³/mol. The summed E-state index contributed by atoms with van der Waals surface area (Å²) in [5.41, 5.74) is 0. The first-order valence-electron chi connectivity index (χ1n) is 31.6. The Morgan fingerprint density at radius 2 is 0.779 bits per heavy atom. The van der Waals surface area contributed by atoms with Gasteiger partial charge >= 0.3 is 23.9 Å². The van der Waals surface area contributed by atoms with Crippen molar-refractivity contribution in [2.24, 2.45) is 0 Å². The van der Waals surface area contributed by atoms with E-state index in [4.69, 9.17) is 23.7 Å². The van der Waals surface area contributed by atoms with Gasteiger partial charge in [-0.15, -0.1) is 0 Å². The lowest BCUT2D eigenvalue weighted by molar-refractivity contribution is -0.301. The van der Waals surface area contributed by atoms with Gasteiger partial charge in [0, 0.05) is 19.3 Å². The van der Waals surface area contributed by atoms with Crippen LogP contribution in [-0.2, 0) is 42.9 Å². The lowest BCUT2D eigenvalue weighted by Crippen LogP contribution is -2.61. The Balaban J connectivity index is 2.65. The average Bonchev–Trinajstić information content (AvgIpc) is 3.42. The van der Waals surface area contributed by atoms with Crippen LogP contribution >= 0.6 is 0 Å². The van der Waals surface area contributed by atoms with Crippen molar-refractivity contribution in [1.82, 2.24) is 0 Å². The topological polar surface area (TPSA) is 175 Å². The molecule has 77 heavy (non-hydrogen) atoms. The van der Waals surface area contributed by atoms with Gasteiger partial charge in [0.15, 0.2) is 24.6 Å². The molecule has 1 heterocycles. The molecule has 446 valence electrons. The van der Waals surface area contributed by atoms with Gasteiger partial charge in [0.05, 0.1) is 6.61 Å². The highest BCUT2D eigenvalue weighted by Crippen LogP contribution is 2.27. The second-order valence-corrected chi connectivity index (χ2v) is 21.7. The monoisotopic (exact) mass is 1090 g/mol. The molecule has 12 heteroatoms. The van der Waals surface area contributed by atoms with Gasteiger partial charge in [-0.05, 0) is 83.5 Å². The summed E-state index contributed by atoms with van der Waals surface area (Å²) in [5.74, 6) is -3.12. The van der Waals surface area contributed by atoms with Crippen LogP contribution in [0.3, 0.4) is 0 Å². The number of carboxylic acid groups (broad SMARTS) is 1. The average molecular weight is 1090 g/mol. The first-order valence-corrected chi connectivity index (χ1v) is 31.6. The Bertz CT molecular complexity index is 1520. The Kier molecular flexibility index (Phi) is 49.7. The third kappa shape index (κ3) is 43.2. The summed E-state index contributed by atoms with van der Waals surface area (Å²) in [5, 5.41) is 31.5. The molecule has 3 N–H and O–H groups in total. The number of unbranched alkanes of at least 4 members (excludes halogenated alkanes) is 32. The maximum absolute atomic E-state index is 13.2. The molecule has 0 aromatic carbocycles.